The van der Waals surface area contributed by atoms with Gasteiger partial charge in [-0.25, -0.2) is 4.79 Å². The number of furan rings is 1. The van der Waals surface area contributed by atoms with Gasteiger partial charge in [-0.2, -0.15) is 0 Å². The Labute approximate surface area is 130 Å². The molecule has 2 aromatic rings. The first kappa shape index (κ1) is 14.7. The Morgan fingerprint density at radius 2 is 2.05 bits per heavy atom. The summed E-state index contributed by atoms with van der Waals surface area (Å²) < 4.78 is 5.44. The molecule has 1 aromatic carbocycles. The molecule has 2 heterocycles. The molecule has 1 aliphatic heterocycles. The minimum Gasteiger partial charge on any atom is -0.475 e. The van der Waals surface area contributed by atoms with E-state index in [4.69, 9.17) is 9.52 Å². The van der Waals surface area contributed by atoms with Crippen LogP contribution in [-0.4, -0.2) is 16.6 Å². The fraction of sp³-hybridized carbons (Fsp3) is 0.389. The SMILES string of the molecule is C[C@@H]1CC(C)(C)N(Cc2ccc(C(=O)O)o2)c2ccccc21. The number of benzene rings is 1. The predicted molar refractivity (Wildman–Crippen MR) is 85.4 cm³/mol. The number of carboxylic acids is 1. The second-order valence-electron chi connectivity index (χ2n) is 6.63. The summed E-state index contributed by atoms with van der Waals surface area (Å²) in [6.45, 7) is 7.28. The lowest BCUT2D eigenvalue weighted by atomic mass is 9.80. The summed E-state index contributed by atoms with van der Waals surface area (Å²) in [5.41, 5.74) is 2.54. The van der Waals surface area contributed by atoms with Crippen molar-refractivity contribution < 1.29 is 14.3 Å². The molecule has 4 nitrogen and oxygen atoms in total. The van der Waals surface area contributed by atoms with Gasteiger partial charge in [0.15, 0.2) is 0 Å². The van der Waals surface area contributed by atoms with Gasteiger partial charge >= 0.3 is 5.97 Å². The number of nitrogens with zero attached hydrogens (tertiary/aromatic N) is 1. The molecule has 3 rings (SSSR count). The number of rotatable bonds is 3. The normalized spacial score (nSPS) is 19.8. The molecule has 0 spiro atoms. The minimum absolute atomic E-state index is 0.00790. The molecular formula is C18H21NO3. The Morgan fingerprint density at radius 3 is 2.73 bits per heavy atom. The summed E-state index contributed by atoms with van der Waals surface area (Å²) in [4.78, 5) is 13.3. The highest BCUT2D eigenvalue weighted by Crippen LogP contribution is 2.43. The second kappa shape index (κ2) is 5.20. The van der Waals surface area contributed by atoms with Crippen LogP contribution in [0.2, 0.25) is 0 Å². The van der Waals surface area contributed by atoms with Gasteiger partial charge in [0.1, 0.15) is 5.76 Å². The van der Waals surface area contributed by atoms with E-state index < -0.39 is 5.97 Å². The highest BCUT2D eigenvalue weighted by atomic mass is 16.4. The number of aromatic carboxylic acids is 1. The first-order valence-electron chi connectivity index (χ1n) is 7.57. The summed E-state index contributed by atoms with van der Waals surface area (Å²) in [5.74, 6) is 0.146. The van der Waals surface area contributed by atoms with Crippen molar-refractivity contribution in [3.8, 4) is 0 Å². The second-order valence-corrected chi connectivity index (χ2v) is 6.63. The Balaban J connectivity index is 1.96. The first-order valence-corrected chi connectivity index (χ1v) is 7.57. The van der Waals surface area contributed by atoms with Crippen molar-refractivity contribution in [1.82, 2.24) is 0 Å². The van der Waals surface area contributed by atoms with Crippen LogP contribution in [0.3, 0.4) is 0 Å². The molecule has 0 radical (unpaired) electrons. The predicted octanol–water partition coefficient (Wildman–Crippen LogP) is 4.27. The quantitative estimate of drug-likeness (QED) is 0.919. The minimum atomic E-state index is -1.03. The van der Waals surface area contributed by atoms with Gasteiger partial charge in [-0.3, -0.25) is 0 Å². The van der Waals surface area contributed by atoms with Crippen molar-refractivity contribution >= 4 is 11.7 Å². The van der Waals surface area contributed by atoms with Gasteiger partial charge in [-0.05, 0) is 49.9 Å². The standard InChI is InChI=1S/C18H21NO3/c1-12-10-18(2,3)19(15-7-5-4-6-14(12)15)11-13-8-9-16(22-13)17(20)21/h4-9,12H,10-11H2,1-3H3,(H,20,21)/t12-/m1/s1. The van der Waals surface area contributed by atoms with E-state index in [1.807, 2.05) is 6.07 Å². The van der Waals surface area contributed by atoms with Gasteiger partial charge in [-0.15, -0.1) is 0 Å². The van der Waals surface area contributed by atoms with Gasteiger partial charge in [0.2, 0.25) is 5.76 Å². The van der Waals surface area contributed by atoms with Crippen molar-refractivity contribution in [2.45, 2.75) is 45.2 Å². The smallest absolute Gasteiger partial charge is 0.371 e. The van der Waals surface area contributed by atoms with Crippen LogP contribution in [0.15, 0.2) is 40.8 Å². The van der Waals surface area contributed by atoms with Crippen LogP contribution in [0.5, 0.6) is 0 Å². The summed E-state index contributed by atoms with van der Waals surface area (Å²) in [6.07, 6.45) is 1.05. The molecule has 0 unspecified atom stereocenters. The number of fused-ring (bicyclic) bond motifs is 1. The lowest BCUT2D eigenvalue weighted by Gasteiger charge is -2.47. The van der Waals surface area contributed by atoms with Crippen LogP contribution in [0.1, 0.15) is 55.0 Å². The third-order valence-electron chi connectivity index (χ3n) is 4.48. The zero-order valence-corrected chi connectivity index (χ0v) is 13.2. The van der Waals surface area contributed by atoms with E-state index in [1.54, 1.807) is 6.07 Å². The number of carboxylic acid groups (broad SMARTS) is 1. The van der Waals surface area contributed by atoms with Crippen molar-refractivity contribution in [3.05, 3.63) is 53.5 Å². The van der Waals surface area contributed by atoms with Crippen LogP contribution in [0.4, 0.5) is 5.69 Å². The highest BCUT2D eigenvalue weighted by molar-refractivity contribution is 5.84. The van der Waals surface area contributed by atoms with E-state index in [0.29, 0.717) is 18.2 Å². The number of anilines is 1. The molecule has 0 amide bonds. The summed E-state index contributed by atoms with van der Waals surface area (Å²) in [6, 6.07) is 11.7. The fourth-order valence-corrected chi connectivity index (χ4v) is 3.48. The Bertz CT molecular complexity index is 702. The van der Waals surface area contributed by atoms with E-state index in [2.05, 4.69) is 43.9 Å². The Kier molecular flexibility index (Phi) is 3.47. The van der Waals surface area contributed by atoms with Crippen LogP contribution in [0.25, 0.3) is 0 Å². The average molecular weight is 299 g/mol. The number of carbonyl (C=O) groups is 1. The average Bonchev–Trinajstić information content (AvgIpc) is 2.92. The third kappa shape index (κ3) is 2.49. The molecule has 22 heavy (non-hydrogen) atoms. The maximum absolute atomic E-state index is 11.0. The molecule has 4 heteroatoms. The lowest BCUT2D eigenvalue weighted by Crippen LogP contribution is -2.47. The zero-order chi connectivity index (χ0) is 15.9. The van der Waals surface area contributed by atoms with E-state index >= 15 is 0 Å². The number of hydrogen-bond donors (Lipinski definition) is 1. The molecule has 1 aromatic heterocycles. The number of para-hydroxylation sites is 1. The molecule has 0 fully saturated rings. The van der Waals surface area contributed by atoms with E-state index in [1.165, 1.54) is 17.3 Å². The summed E-state index contributed by atoms with van der Waals surface area (Å²) in [7, 11) is 0. The van der Waals surface area contributed by atoms with Gasteiger partial charge in [0.25, 0.3) is 0 Å². The molecule has 1 N–H and O–H groups in total. The van der Waals surface area contributed by atoms with Crippen molar-refractivity contribution in [2.24, 2.45) is 0 Å². The molecular weight excluding hydrogens is 278 g/mol. The van der Waals surface area contributed by atoms with Crippen molar-refractivity contribution in [3.63, 3.8) is 0 Å². The van der Waals surface area contributed by atoms with Crippen LogP contribution < -0.4 is 4.90 Å². The van der Waals surface area contributed by atoms with Crippen LogP contribution in [-0.2, 0) is 6.54 Å². The van der Waals surface area contributed by atoms with E-state index in [0.717, 1.165) is 6.42 Å². The fourth-order valence-electron chi connectivity index (χ4n) is 3.48. The van der Waals surface area contributed by atoms with Gasteiger partial charge in [-0.1, -0.05) is 25.1 Å². The van der Waals surface area contributed by atoms with Crippen molar-refractivity contribution in [1.29, 1.82) is 0 Å². The van der Waals surface area contributed by atoms with Crippen LogP contribution >= 0.6 is 0 Å². The maximum Gasteiger partial charge on any atom is 0.371 e. The first-order chi connectivity index (χ1) is 10.4. The van der Waals surface area contributed by atoms with Crippen LogP contribution in [0, 0.1) is 0 Å². The molecule has 0 saturated heterocycles. The highest BCUT2D eigenvalue weighted by Gasteiger charge is 2.36. The molecule has 0 bridgehead atoms. The monoisotopic (exact) mass is 299 g/mol. The van der Waals surface area contributed by atoms with Crippen molar-refractivity contribution in [2.75, 3.05) is 4.90 Å². The molecule has 0 saturated carbocycles. The largest absolute Gasteiger partial charge is 0.475 e. The third-order valence-corrected chi connectivity index (χ3v) is 4.48. The summed E-state index contributed by atoms with van der Waals surface area (Å²) in [5, 5.41) is 8.99. The van der Waals surface area contributed by atoms with E-state index in [9.17, 15) is 4.79 Å². The summed E-state index contributed by atoms with van der Waals surface area (Å²) >= 11 is 0. The zero-order valence-electron chi connectivity index (χ0n) is 13.2. The molecule has 116 valence electrons. The van der Waals surface area contributed by atoms with Gasteiger partial charge in [0, 0.05) is 11.2 Å². The molecule has 1 atom stereocenters. The Morgan fingerprint density at radius 1 is 1.32 bits per heavy atom. The Hall–Kier alpha value is -2.23. The number of hydrogen-bond acceptors (Lipinski definition) is 3. The lowest BCUT2D eigenvalue weighted by molar-refractivity contribution is 0.0660. The molecule has 1 aliphatic rings. The van der Waals surface area contributed by atoms with Gasteiger partial charge < -0.3 is 14.4 Å². The topological polar surface area (TPSA) is 53.7 Å². The molecule has 0 aliphatic carbocycles. The van der Waals surface area contributed by atoms with Gasteiger partial charge in [0.05, 0.1) is 6.54 Å². The maximum atomic E-state index is 11.0. The van der Waals surface area contributed by atoms with E-state index in [-0.39, 0.29) is 11.3 Å².